The number of morpholine rings is 1. The van der Waals surface area contributed by atoms with Crippen molar-refractivity contribution in [2.45, 2.75) is 20.0 Å². The molecule has 0 unspecified atom stereocenters. The molecular weight excluding hydrogens is 519 g/mol. The summed E-state index contributed by atoms with van der Waals surface area (Å²) in [7, 11) is 1.90. The van der Waals surface area contributed by atoms with Gasteiger partial charge in [0.1, 0.15) is 17.5 Å². The van der Waals surface area contributed by atoms with Gasteiger partial charge in [0, 0.05) is 43.7 Å². The molecule has 2 N–H and O–H groups in total. The Kier molecular flexibility index (Phi) is 8.09. The molecule has 5 rings (SSSR count). The van der Waals surface area contributed by atoms with Crippen molar-refractivity contribution in [1.82, 2.24) is 34.5 Å². The van der Waals surface area contributed by atoms with Crippen LogP contribution in [0.1, 0.15) is 11.6 Å². The highest BCUT2D eigenvalue weighted by atomic mass is 19.4. The van der Waals surface area contributed by atoms with E-state index in [1.807, 2.05) is 68.3 Å². The fourth-order valence-corrected chi connectivity index (χ4v) is 3.73. The molecule has 1 aromatic carbocycles. The standard InChI is InChI=1S/C22H25N9O.C2HF3O2/c1-15-24-16(2)31(28-15)19-6-4-18(5-7-19)25-22-26-20(17-13-23-29(3)14-17)12-21(27-22)30-8-10-32-11-9-30;3-2(4,5)1(6)7/h4-7,12-14H,8-11H2,1-3H3,(H,25,26,27);(H,6,7). The number of aromatic nitrogens is 7. The van der Waals surface area contributed by atoms with Gasteiger partial charge >= 0.3 is 12.1 Å². The Morgan fingerprint density at radius 3 is 2.28 bits per heavy atom. The second-order valence-electron chi connectivity index (χ2n) is 8.53. The van der Waals surface area contributed by atoms with Gasteiger partial charge in [0.05, 0.1) is 30.8 Å². The Hall–Kier alpha value is -4.53. The largest absolute Gasteiger partial charge is 0.490 e. The number of ether oxygens (including phenoxy) is 1. The highest BCUT2D eigenvalue weighted by Gasteiger charge is 2.38. The summed E-state index contributed by atoms with van der Waals surface area (Å²) in [4.78, 5) is 25.0. The lowest BCUT2D eigenvalue weighted by Crippen LogP contribution is -2.36. The number of hydrogen-bond acceptors (Lipinski definition) is 9. The van der Waals surface area contributed by atoms with Crippen molar-refractivity contribution in [2.75, 3.05) is 36.5 Å². The first-order chi connectivity index (χ1) is 18.5. The summed E-state index contributed by atoms with van der Waals surface area (Å²) in [5.41, 5.74) is 3.61. The summed E-state index contributed by atoms with van der Waals surface area (Å²) in [5.74, 6) is 0.252. The molecule has 4 heterocycles. The van der Waals surface area contributed by atoms with Crippen LogP contribution in [0.15, 0.2) is 42.7 Å². The van der Waals surface area contributed by atoms with Crippen LogP contribution in [0.4, 0.5) is 30.6 Å². The van der Waals surface area contributed by atoms with Crippen molar-refractivity contribution >= 4 is 23.4 Å². The summed E-state index contributed by atoms with van der Waals surface area (Å²) in [5, 5.41) is 19.2. The Morgan fingerprint density at radius 2 is 1.74 bits per heavy atom. The summed E-state index contributed by atoms with van der Waals surface area (Å²) in [6, 6.07) is 9.97. The van der Waals surface area contributed by atoms with E-state index < -0.39 is 12.1 Å². The third-order valence-corrected chi connectivity index (χ3v) is 5.53. The molecule has 0 amide bonds. The molecule has 15 heteroatoms. The molecule has 0 aliphatic carbocycles. The molecule has 206 valence electrons. The molecule has 3 aromatic heterocycles. The van der Waals surface area contributed by atoms with Crippen LogP contribution in [0.3, 0.4) is 0 Å². The van der Waals surface area contributed by atoms with Gasteiger partial charge < -0.3 is 20.1 Å². The molecule has 1 fully saturated rings. The number of carbonyl (C=O) groups is 1. The minimum Gasteiger partial charge on any atom is -0.475 e. The lowest BCUT2D eigenvalue weighted by molar-refractivity contribution is -0.192. The van der Waals surface area contributed by atoms with E-state index >= 15 is 0 Å². The van der Waals surface area contributed by atoms with Gasteiger partial charge in [0.15, 0.2) is 0 Å². The van der Waals surface area contributed by atoms with Crippen LogP contribution in [0.5, 0.6) is 0 Å². The summed E-state index contributed by atoms with van der Waals surface area (Å²) in [6.45, 7) is 6.81. The molecule has 0 spiro atoms. The number of benzene rings is 1. The van der Waals surface area contributed by atoms with Gasteiger partial charge in [-0.05, 0) is 38.1 Å². The number of alkyl halides is 3. The van der Waals surface area contributed by atoms with Crippen molar-refractivity contribution in [3.05, 3.63) is 54.4 Å². The Labute approximate surface area is 221 Å². The monoisotopic (exact) mass is 545 g/mol. The van der Waals surface area contributed by atoms with Crippen molar-refractivity contribution in [3.8, 4) is 16.9 Å². The number of rotatable bonds is 5. The van der Waals surface area contributed by atoms with Gasteiger partial charge in [-0.15, -0.1) is 0 Å². The maximum absolute atomic E-state index is 10.6. The molecule has 1 saturated heterocycles. The topological polar surface area (TPSA) is 136 Å². The summed E-state index contributed by atoms with van der Waals surface area (Å²) < 4.78 is 40.8. The van der Waals surface area contributed by atoms with E-state index in [9.17, 15) is 13.2 Å². The van der Waals surface area contributed by atoms with Gasteiger partial charge in [0.2, 0.25) is 5.95 Å². The fraction of sp³-hybridized carbons (Fsp3) is 0.333. The van der Waals surface area contributed by atoms with Crippen molar-refractivity contribution in [2.24, 2.45) is 7.05 Å². The fourth-order valence-electron chi connectivity index (χ4n) is 3.73. The molecule has 0 radical (unpaired) electrons. The molecule has 0 atom stereocenters. The van der Waals surface area contributed by atoms with Crippen LogP contribution in [0.25, 0.3) is 16.9 Å². The second kappa shape index (κ2) is 11.5. The minimum absolute atomic E-state index is 0.536. The zero-order valence-corrected chi connectivity index (χ0v) is 21.3. The first-order valence-electron chi connectivity index (χ1n) is 11.8. The SMILES string of the molecule is Cc1nc(C)n(-c2ccc(Nc3nc(-c4cnn(C)c4)cc(N4CCOCC4)n3)cc2)n1.O=C(O)C(F)(F)F. The lowest BCUT2D eigenvalue weighted by atomic mass is 10.2. The maximum Gasteiger partial charge on any atom is 0.490 e. The molecular formula is C24H26F3N9O3. The number of halogens is 3. The number of carboxylic acid groups (broad SMARTS) is 1. The van der Waals surface area contributed by atoms with Crippen molar-refractivity contribution in [3.63, 3.8) is 0 Å². The first kappa shape index (κ1) is 27.5. The molecule has 12 nitrogen and oxygen atoms in total. The van der Waals surface area contributed by atoms with Crippen molar-refractivity contribution in [1.29, 1.82) is 0 Å². The Bertz CT molecular complexity index is 1430. The Morgan fingerprint density at radius 1 is 1.08 bits per heavy atom. The zero-order valence-electron chi connectivity index (χ0n) is 21.3. The van der Waals surface area contributed by atoms with Gasteiger partial charge in [0.25, 0.3) is 0 Å². The van der Waals surface area contributed by atoms with E-state index in [0.29, 0.717) is 19.2 Å². The quantitative estimate of drug-likeness (QED) is 0.384. The molecule has 1 aliphatic rings. The van der Waals surface area contributed by atoms with E-state index in [2.05, 4.69) is 25.4 Å². The number of carboxylic acids is 1. The van der Waals surface area contributed by atoms with Gasteiger partial charge in [-0.25, -0.2) is 19.4 Å². The van der Waals surface area contributed by atoms with Gasteiger partial charge in [-0.3, -0.25) is 4.68 Å². The third-order valence-electron chi connectivity index (χ3n) is 5.53. The lowest BCUT2D eigenvalue weighted by Gasteiger charge is -2.28. The number of nitrogens with zero attached hydrogens (tertiary/aromatic N) is 8. The average molecular weight is 546 g/mol. The van der Waals surface area contributed by atoms with Crippen LogP contribution in [0, 0.1) is 13.8 Å². The third kappa shape index (κ3) is 7.07. The zero-order chi connectivity index (χ0) is 28.2. The van der Waals surface area contributed by atoms with Crippen LogP contribution in [0.2, 0.25) is 0 Å². The number of aliphatic carboxylic acids is 1. The normalized spacial score (nSPS) is 13.5. The van der Waals surface area contributed by atoms with E-state index in [4.69, 9.17) is 24.6 Å². The van der Waals surface area contributed by atoms with E-state index in [1.165, 1.54) is 0 Å². The summed E-state index contributed by atoms with van der Waals surface area (Å²) in [6.07, 6.45) is -1.32. The van der Waals surface area contributed by atoms with Crippen molar-refractivity contribution < 1.29 is 27.8 Å². The maximum atomic E-state index is 10.6. The minimum atomic E-state index is -5.08. The first-order valence-corrected chi connectivity index (χ1v) is 11.8. The van der Waals surface area contributed by atoms with E-state index in [1.54, 1.807) is 4.68 Å². The number of aryl methyl sites for hydroxylation is 3. The molecule has 0 bridgehead atoms. The smallest absolute Gasteiger partial charge is 0.475 e. The number of anilines is 3. The molecule has 1 aliphatic heterocycles. The Balaban J connectivity index is 0.000000448. The predicted octanol–water partition coefficient (Wildman–Crippen LogP) is 3.29. The predicted molar refractivity (Wildman–Crippen MR) is 135 cm³/mol. The van der Waals surface area contributed by atoms with Crippen LogP contribution < -0.4 is 10.2 Å². The van der Waals surface area contributed by atoms with Crippen LogP contribution in [-0.2, 0) is 16.6 Å². The van der Waals surface area contributed by atoms with Gasteiger partial charge in [-0.2, -0.15) is 28.4 Å². The van der Waals surface area contributed by atoms with E-state index in [-0.39, 0.29) is 0 Å². The van der Waals surface area contributed by atoms with E-state index in [0.717, 1.165) is 53.2 Å². The number of nitrogens with one attached hydrogen (secondary N) is 1. The van der Waals surface area contributed by atoms with Crippen LogP contribution >= 0.6 is 0 Å². The highest BCUT2D eigenvalue weighted by molar-refractivity contribution is 5.73. The number of hydrogen-bond donors (Lipinski definition) is 2. The molecule has 39 heavy (non-hydrogen) atoms. The second-order valence-corrected chi connectivity index (χ2v) is 8.53. The molecule has 4 aromatic rings. The van der Waals surface area contributed by atoms with Gasteiger partial charge in [-0.1, -0.05) is 0 Å². The molecule has 0 saturated carbocycles. The summed E-state index contributed by atoms with van der Waals surface area (Å²) >= 11 is 0. The average Bonchev–Trinajstić information content (AvgIpc) is 3.49. The van der Waals surface area contributed by atoms with Crippen LogP contribution in [-0.4, -0.2) is 78.1 Å². The highest BCUT2D eigenvalue weighted by Crippen LogP contribution is 2.26.